The molecule has 5 nitrogen and oxygen atoms in total. The van der Waals surface area contributed by atoms with Crippen LogP contribution in [-0.2, 0) is 6.18 Å². The molecule has 8 heteroatoms. The van der Waals surface area contributed by atoms with Gasteiger partial charge in [0.05, 0.1) is 5.56 Å². The molecule has 1 aliphatic carbocycles. The number of ether oxygens (including phenoxy) is 1. The van der Waals surface area contributed by atoms with Gasteiger partial charge in [0.2, 0.25) is 5.88 Å². The number of halogens is 3. The Morgan fingerprint density at radius 2 is 1.63 bits per heavy atom. The van der Waals surface area contributed by atoms with Crippen molar-refractivity contribution in [3.8, 4) is 11.6 Å². The van der Waals surface area contributed by atoms with E-state index in [1.807, 2.05) is 4.90 Å². The van der Waals surface area contributed by atoms with E-state index in [9.17, 15) is 18.0 Å². The van der Waals surface area contributed by atoms with Crippen LogP contribution in [0.5, 0.6) is 11.6 Å². The predicted molar refractivity (Wildman–Crippen MR) is 105 cm³/mol. The minimum atomic E-state index is -4.43. The second-order valence-electron chi connectivity index (χ2n) is 7.78. The number of nitrogens with zero attached hydrogens (tertiary/aromatic N) is 3. The van der Waals surface area contributed by atoms with Gasteiger partial charge in [-0.3, -0.25) is 9.69 Å². The molecule has 2 aromatic rings. The van der Waals surface area contributed by atoms with Crippen molar-refractivity contribution in [1.29, 1.82) is 0 Å². The number of rotatable bonds is 4. The van der Waals surface area contributed by atoms with Crippen LogP contribution >= 0.6 is 0 Å². The first kappa shape index (κ1) is 20.7. The molecule has 0 unspecified atom stereocenters. The fourth-order valence-corrected chi connectivity index (χ4v) is 4.14. The molecular weight excluding hydrogens is 395 g/mol. The summed E-state index contributed by atoms with van der Waals surface area (Å²) in [4.78, 5) is 20.8. The summed E-state index contributed by atoms with van der Waals surface area (Å²) in [6.07, 6.45) is 1.45. The highest BCUT2D eigenvalue weighted by Gasteiger charge is 2.31. The second kappa shape index (κ2) is 8.63. The van der Waals surface area contributed by atoms with Crippen molar-refractivity contribution in [2.24, 2.45) is 0 Å². The number of pyridine rings is 1. The van der Waals surface area contributed by atoms with E-state index >= 15 is 0 Å². The maximum absolute atomic E-state index is 12.8. The Labute approximate surface area is 173 Å². The molecule has 2 heterocycles. The molecule has 0 atom stereocenters. The topological polar surface area (TPSA) is 45.7 Å². The van der Waals surface area contributed by atoms with Crippen LogP contribution in [0, 0.1) is 0 Å². The normalized spacial score (nSPS) is 18.6. The third kappa shape index (κ3) is 4.75. The van der Waals surface area contributed by atoms with Crippen LogP contribution in [0.1, 0.15) is 41.6 Å². The van der Waals surface area contributed by atoms with E-state index in [0.717, 1.165) is 38.4 Å². The van der Waals surface area contributed by atoms with Crippen LogP contribution < -0.4 is 4.74 Å². The molecule has 0 spiro atoms. The number of benzene rings is 1. The van der Waals surface area contributed by atoms with Crippen LogP contribution in [0.15, 0.2) is 42.6 Å². The Bertz CT molecular complexity index is 855. The summed E-state index contributed by atoms with van der Waals surface area (Å²) in [6.45, 7) is 3.28. The minimum absolute atomic E-state index is 0.0136. The van der Waals surface area contributed by atoms with E-state index in [1.54, 1.807) is 24.3 Å². The molecule has 0 N–H and O–H groups in total. The summed E-state index contributed by atoms with van der Waals surface area (Å²) in [5.74, 6) is 0.454. The molecule has 160 valence electrons. The predicted octanol–water partition coefficient (Wildman–Crippen LogP) is 4.59. The van der Waals surface area contributed by atoms with E-state index in [0.29, 0.717) is 17.4 Å². The van der Waals surface area contributed by atoms with Gasteiger partial charge in [0.25, 0.3) is 5.91 Å². The van der Waals surface area contributed by atoms with Crippen LogP contribution in [0.3, 0.4) is 0 Å². The summed E-state index contributed by atoms with van der Waals surface area (Å²) in [7, 11) is 0. The summed E-state index contributed by atoms with van der Waals surface area (Å²) in [6, 6.07) is 9.37. The third-order valence-electron chi connectivity index (χ3n) is 5.83. The third-order valence-corrected chi connectivity index (χ3v) is 5.83. The summed E-state index contributed by atoms with van der Waals surface area (Å²) in [5.41, 5.74) is -0.263. The lowest BCUT2D eigenvalue weighted by Gasteiger charge is -2.38. The summed E-state index contributed by atoms with van der Waals surface area (Å²) < 4.78 is 43.3. The van der Waals surface area contributed by atoms with E-state index in [2.05, 4.69) is 9.88 Å². The lowest BCUT2D eigenvalue weighted by atomic mass is 10.1. The van der Waals surface area contributed by atoms with Crippen molar-refractivity contribution in [3.05, 3.63) is 53.7 Å². The van der Waals surface area contributed by atoms with E-state index in [-0.39, 0.29) is 11.8 Å². The summed E-state index contributed by atoms with van der Waals surface area (Å²) in [5, 5.41) is 0. The number of alkyl halides is 3. The highest BCUT2D eigenvalue weighted by Crippen LogP contribution is 2.30. The Hall–Kier alpha value is -2.61. The molecule has 4 rings (SSSR count). The Kier molecular flexibility index (Phi) is 5.94. The number of carbonyl (C=O) groups is 1. The van der Waals surface area contributed by atoms with Gasteiger partial charge in [-0.2, -0.15) is 13.2 Å². The molecule has 0 bridgehead atoms. The van der Waals surface area contributed by atoms with Crippen LogP contribution in [-0.4, -0.2) is 52.9 Å². The van der Waals surface area contributed by atoms with Gasteiger partial charge in [-0.1, -0.05) is 12.8 Å². The fourth-order valence-electron chi connectivity index (χ4n) is 4.14. The van der Waals surface area contributed by atoms with Gasteiger partial charge in [0, 0.05) is 50.0 Å². The first-order valence-electron chi connectivity index (χ1n) is 10.2. The summed E-state index contributed by atoms with van der Waals surface area (Å²) >= 11 is 0. The number of aromatic nitrogens is 1. The zero-order chi connectivity index (χ0) is 21.1. The van der Waals surface area contributed by atoms with Gasteiger partial charge in [0.15, 0.2) is 0 Å². The molecule has 1 saturated carbocycles. The maximum Gasteiger partial charge on any atom is 0.417 e. The molecule has 2 fully saturated rings. The largest absolute Gasteiger partial charge is 0.439 e. The van der Waals surface area contributed by atoms with Gasteiger partial charge in [-0.05, 0) is 43.2 Å². The highest BCUT2D eigenvalue weighted by molar-refractivity contribution is 5.94. The smallest absolute Gasteiger partial charge is 0.417 e. The maximum atomic E-state index is 12.8. The zero-order valence-corrected chi connectivity index (χ0v) is 16.6. The lowest BCUT2D eigenvalue weighted by Crippen LogP contribution is -2.51. The van der Waals surface area contributed by atoms with Crippen molar-refractivity contribution in [1.82, 2.24) is 14.8 Å². The van der Waals surface area contributed by atoms with Gasteiger partial charge in [0.1, 0.15) is 5.75 Å². The Balaban J connectivity index is 1.32. The highest BCUT2D eigenvalue weighted by atomic mass is 19.4. The van der Waals surface area contributed by atoms with Gasteiger partial charge in [-0.25, -0.2) is 4.98 Å². The lowest BCUT2D eigenvalue weighted by molar-refractivity contribution is -0.137. The molecule has 0 radical (unpaired) electrons. The van der Waals surface area contributed by atoms with E-state index in [4.69, 9.17) is 4.74 Å². The van der Waals surface area contributed by atoms with E-state index in [1.165, 1.54) is 31.7 Å². The fraction of sp³-hybridized carbons (Fsp3) is 0.455. The number of piperazine rings is 1. The average Bonchev–Trinajstić information content (AvgIpc) is 3.29. The molecule has 1 aliphatic heterocycles. The molecule has 1 amide bonds. The van der Waals surface area contributed by atoms with Crippen molar-refractivity contribution >= 4 is 5.91 Å². The molecule has 1 aromatic heterocycles. The minimum Gasteiger partial charge on any atom is -0.439 e. The van der Waals surface area contributed by atoms with Crippen LogP contribution in [0.4, 0.5) is 13.2 Å². The zero-order valence-electron chi connectivity index (χ0n) is 16.6. The van der Waals surface area contributed by atoms with Crippen molar-refractivity contribution in [3.63, 3.8) is 0 Å². The van der Waals surface area contributed by atoms with Crippen molar-refractivity contribution in [2.45, 2.75) is 37.9 Å². The van der Waals surface area contributed by atoms with Gasteiger partial charge < -0.3 is 9.64 Å². The number of hydrogen-bond acceptors (Lipinski definition) is 4. The standard InChI is InChI=1S/C22H24F3N3O2/c23-22(24,25)17-7-10-20(26-15-17)30-19-8-5-16(6-9-19)21(29)28-13-11-27(12-14-28)18-3-1-2-4-18/h5-10,15,18H,1-4,11-14H2. The van der Waals surface area contributed by atoms with Crippen molar-refractivity contribution < 1.29 is 22.7 Å². The first-order chi connectivity index (χ1) is 14.4. The molecule has 1 saturated heterocycles. The van der Waals surface area contributed by atoms with Gasteiger partial charge in [-0.15, -0.1) is 0 Å². The monoisotopic (exact) mass is 419 g/mol. The second-order valence-corrected chi connectivity index (χ2v) is 7.78. The quantitative estimate of drug-likeness (QED) is 0.727. The Morgan fingerprint density at radius 1 is 0.967 bits per heavy atom. The first-order valence-corrected chi connectivity index (χ1v) is 10.2. The number of amides is 1. The van der Waals surface area contributed by atoms with E-state index < -0.39 is 11.7 Å². The molecule has 30 heavy (non-hydrogen) atoms. The number of hydrogen-bond donors (Lipinski definition) is 0. The SMILES string of the molecule is O=C(c1ccc(Oc2ccc(C(F)(F)F)cn2)cc1)N1CCN(C2CCCC2)CC1. The average molecular weight is 419 g/mol. The molecular formula is C22H24F3N3O2. The number of carbonyl (C=O) groups excluding carboxylic acids is 1. The molecule has 2 aliphatic rings. The van der Waals surface area contributed by atoms with Crippen LogP contribution in [0.25, 0.3) is 0 Å². The van der Waals surface area contributed by atoms with Gasteiger partial charge >= 0.3 is 6.18 Å². The Morgan fingerprint density at radius 3 is 2.20 bits per heavy atom. The van der Waals surface area contributed by atoms with Crippen molar-refractivity contribution in [2.75, 3.05) is 26.2 Å². The van der Waals surface area contributed by atoms with Crippen LogP contribution in [0.2, 0.25) is 0 Å². The molecule has 1 aromatic carbocycles.